The fourth-order valence-electron chi connectivity index (χ4n) is 1.46. The van der Waals surface area contributed by atoms with Gasteiger partial charge >= 0.3 is 0 Å². The molecule has 0 aliphatic carbocycles. The van der Waals surface area contributed by atoms with Crippen molar-refractivity contribution >= 4 is 27.3 Å². The van der Waals surface area contributed by atoms with E-state index in [1.54, 1.807) is 0 Å². The van der Waals surface area contributed by atoms with Crippen LogP contribution >= 0.6 is 27.3 Å². The van der Waals surface area contributed by atoms with Crippen LogP contribution in [0.2, 0.25) is 0 Å². The van der Waals surface area contributed by atoms with Crippen molar-refractivity contribution in [3.05, 3.63) is 50.4 Å². The standard InChI is InChI=1S/C11H9BrFNOS/c12-6-3-4-7(13)11(15)9(6)10(14)8-2-1-5-16-8/h1-5,10,15H,14H2/t10-/m1/s1. The first-order valence-electron chi connectivity index (χ1n) is 4.57. The van der Waals surface area contributed by atoms with Gasteiger partial charge in [-0.1, -0.05) is 22.0 Å². The third-order valence-corrected chi connectivity index (χ3v) is 3.92. The van der Waals surface area contributed by atoms with E-state index >= 15 is 0 Å². The molecule has 0 saturated carbocycles. The Morgan fingerprint density at radius 1 is 1.38 bits per heavy atom. The number of nitrogens with two attached hydrogens (primary N) is 1. The lowest BCUT2D eigenvalue weighted by molar-refractivity contribution is 0.423. The zero-order chi connectivity index (χ0) is 11.7. The predicted octanol–water partition coefficient (Wildman–Crippen LogP) is 3.40. The summed E-state index contributed by atoms with van der Waals surface area (Å²) in [6, 6.07) is 5.93. The molecule has 0 amide bonds. The van der Waals surface area contributed by atoms with Gasteiger partial charge in [-0.15, -0.1) is 11.3 Å². The van der Waals surface area contributed by atoms with Crippen LogP contribution < -0.4 is 5.73 Å². The molecule has 0 radical (unpaired) electrons. The van der Waals surface area contributed by atoms with Gasteiger partial charge in [-0.3, -0.25) is 0 Å². The number of phenolic OH excluding ortho intramolecular Hbond substituents is 1. The first-order valence-corrected chi connectivity index (χ1v) is 6.24. The van der Waals surface area contributed by atoms with Crippen molar-refractivity contribution in [2.75, 3.05) is 0 Å². The Morgan fingerprint density at radius 3 is 2.75 bits per heavy atom. The van der Waals surface area contributed by atoms with Crippen LogP contribution in [0, 0.1) is 5.82 Å². The summed E-state index contributed by atoms with van der Waals surface area (Å²) in [4.78, 5) is 0.876. The average molecular weight is 302 g/mol. The lowest BCUT2D eigenvalue weighted by Gasteiger charge is -2.14. The molecule has 0 saturated heterocycles. The second-order valence-corrected chi connectivity index (χ2v) is 5.12. The summed E-state index contributed by atoms with van der Waals surface area (Å²) in [5.41, 5.74) is 6.36. The molecule has 0 aliphatic rings. The molecule has 1 heterocycles. The topological polar surface area (TPSA) is 46.2 Å². The van der Waals surface area contributed by atoms with Crippen molar-refractivity contribution in [3.8, 4) is 5.75 Å². The Hall–Kier alpha value is -0.910. The molecule has 1 aromatic heterocycles. The molecule has 3 N–H and O–H groups in total. The zero-order valence-corrected chi connectivity index (χ0v) is 10.6. The number of rotatable bonds is 2. The number of benzene rings is 1. The summed E-state index contributed by atoms with van der Waals surface area (Å²) in [6.07, 6.45) is 0. The van der Waals surface area contributed by atoms with Crippen LogP contribution in [0.4, 0.5) is 4.39 Å². The Labute approximate surface area is 105 Å². The zero-order valence-electron chi connectivity index (χ0n) is 8.15. The Bertz CT molecular complexity index is 501. The molecule has 2 aromatic rings. The molecule has 5 heteroatoms. The summed E-state index contributed by atoms with van der Waals surface area (Å²) < 4.78 is 13.8. The lowest BCUT2D eigenvalue weighted by atomic mass is 10.0. The van der Waals surface area contributed by atoms with E-state index in [2.05, 4.69) is 15.9 Å². The average Bonchev–Trinajstić information content (AvgIpc) is 2.77. The van der Waals surface area contributed by atoms with Crippen LogP contribution in [0.15, 0.2) is 34.1 Å². The van der Waals surface area contributed by atoms with E-state index in [9.17, 15) is 9.50 Å². The summed E-state index contributed by atoms with van der Waals surface area (Å²) in [7, 11) is 0. The lowest BCUT2D eigenvalue weighted by Crippen LogP contribution is -2.11. The minimum absolute atomic E-state index is 0.377. The number of thiophene rings is 1. The van der Waals surface area contributed by atoms with Gasteiger partial charge in [-0.25, -0.2) is 4.39 Å². The minimum Gasteiger partial charge on any atom is -0.505 e. The normalized spacial score (nSPS) is 12.7. The van der Waals surface area contributed by atoms with Crippen LogP contribution in [-0.2, 0) is 0 Å². The second kappa shape index (κ2) is 4.53. The molecule has 84 valence electrons. The van der Waals surface area contributed by atoms with Crippen molar-refractivity contribution in [1.82, 2.24) is 0 Å². The molecule has 0 unspecified atom stereocenters. The summed E-state index contributed by atoms with van der Waals surface area (Å²) in [5, 5.41) is 11.6. The Balaban J connectivity index is 2.52. The van der Waals surface area contributed by atoms with Gasteiger partial charge in [-0.05, 0) is 23.6 Å². The van der Waals surface area contributed by atoms with Crippen LogP contribution in [0.5, 0.6) is 5.75 Å². The third kappa shape index (κ3) is 1.98. The molecule has 0 fully saturated rings. The summed E-state index contributed by atoms with van der Waals surface area (Å²) in [5.74, 6) is -1.06. The smallest absolute Gasteiger partial charge is 0.165 e. The minimum atomic E-state index is -0.662. The van der Waals surface area contributed by atoms with E-state index in [1.807, 2.05) is 17.5 Å². The SMILES string of the molecule is N[C@H](c1cccs1)c1c(Br)ccc(F)c1O. The van der Waals surface area contributed by atoms with Crippen LogP contribution in [0.1, 0.15) is 16.5 Å². The number of aromatic hydroxyl groups is 1. The highest BCUT2D eigenvalue weighted by Gasteiger charge is 2.19. The van der Waals surface area contributed by atoms with Crippen LogP contribution in [-0.4, -0.2) is 5.11 Å². The van der Waals surface area contributed by atoms with Gasteiger partial charge in [0, 0.05) is 14.9 Å². The molecular formula is C11H9BrFNOS. The first kappa shape index (κ1) is 11.6. The fraction of sp³-hybridized carbons (Fsp3) is 0.0909. The van der Waals surface area contributed by atoms with Gasteiger partial charge < -0.3 is 10.8 Å². The highest BCUT2D eigenvalue weighted by molar-refractivity contribution is 9.10. The third-order valence-electron chi connectivity index (χ3n) is 2.28. The highest BCUT2D eigenvalue weighted by atomic mass is 79.9. The summed E-state index contributed by atoms with van der Waals surface area (Å²) >= 11 is 4.74. The van der Waals surface area contributed by atoms with E-state index < -0.39 is 17.6 Å². The number of hydrogen-bond donors (Lipinski definition) is 2. The Kier molecular flexibility index (Phi) is 3.28. The first-order chi connectivity index (χ1) is 7.61. The van der Waals surface area contributed by atoms with Gasteiger partial charge in [0.2, 0.25) is 0 Å². The van der Waals surface area contributed by atoms with E-state index in [0.29, 0.717) is 10.0 Å². The maximum Gasteiger partial charge on any atom is 0.165 e. The molecule has 1 aromatic carbocycles. The molecule has 2 rings (SSSR count). The number of hydrogen-bond acceptors (Lipinski definition) is 3. The van der Waals surface area contributed by atoms with E-state index in [-0.39, 0.29) is 0 Å². The van der Waals surface area contributed by atoms with E-state index in [1.165, 1.54) is 23.5 Å². The number of phenols is 1. The van der Waals surface area contributed by atoms with Gasteiger partial charge in [-0.2, -0.15) is 0 Å². The molecule has 0 aliphatic heterocycles. The number of halogens is 2. The largest absolute Gasteiger partial charge is 0.505 e. The van der Waals surface area contributed by atoms with Crippen molar-refractivity contribution in [1.29, 1.82) is 0 Å². The predicted molar refractivity (Wildman–Crippen MR) is 66.1 cm³/mol. The van der Waals surface area contributed by atoms with Crippen molar-refractivity contribution < 1.29 is 9.50 Å². The molecule has 16 heavy (non-hydrogen) atoms. The van der Waals surface area contributed by atoms with E-state index in [4.69, 9.17) is 5.73 Å². The monoisotopic (exact) mass is 301 g/mol. The molecule has 2 nitrogen and oxygen atoms in total. The molecule has 1 atom stereocenters. The maximum atomic E-state index is 13.2. The summed E-state index contributed by atoms with van der Waals surface area (Å²) in [6.45, 7) is 0. The van der Waals surface area contributed by atoms with Gasteiger partial charge in [0.25, 0.3) is 0 Å². The molecule has 0 spiro atoms. The van der Waals surface area contributed by atoms with Crippen molar-refractivity contribution in [2.45, 2.75) is 6.04 Å². The van der Waals surface area contributed by atoms with Crippen LogP contribution in [0.25, 0.3) is 0 Å². The van der Waals surface area contributed by atoms with Crippen molar-refractivity contribution in [3.63, 3.8) is 0 Å². The van der Waals surface area contributed by atoms with Gasteiger partial charge in [0.05, 0.1) is 6.04 Å². The maximum absolute atomic E-state index is 13.2. The highest BCUT2D eigenvalue weighted by Crippen LogP contribution is 2.36. The van der Waals surface area contributed by atoms with E-state index in [0.717, 1.165) is 4.88 Å². The van der Waals surface area contributed by atoms with Crippen LogP contribution in [0.3, 0.4) is 0 Å². The quantitative estimate of drug-likeness (QED) is 0.893. The molecule has 0 bridgehead atoms. The second-order valence-electron chi connectivity index (χ2n) is 3.28. The Morgan fingerprint density at radius 2 is 2.12 bits per heavy atom. The van der Waals surface area contributed by atoms with Crippen molar-refractivity contribution in [2.24, 2.45) is 5.73 Å². The van der Waals surface area contributed by atoms with Gasteiger partial charge in [0.1, 0.15) is 0 Å². The van der Waals surface area contributed by atoms with Gasteiger partial charge in [0.15, 0.2) is 11.6 Å². The fourth-order valence-corrected chi connectivity index (χ4v) is 2.77. The molecular weight excluding hydrogens is 293 g/mol.